The molecule has 0 aliphatic carbocycles. The number of aromatic nitrogens is 2. The SMILES string of the molecule is CCCC(CN)C(=O)NCc1ccn(C)n1. The van der Waals surface area contributed by atoms with E-state index in [0.717, 1.165) is 18.5 Å². The van der Waals surface area contributed by atoms with Gasteiger partial charge in [0, 0.05) is 19.8 Å². The molecule has 1 aromatic rings. The van der Waals surface area contributed by atoms with E-state index in [0.29, 0.717) is 13.1 Å². The Labute approximate surface area is 96.0 Å². The van der Waals surface area contributed by atoms with E-state index < -0.39 is 0 Å². The first-order chi connectivity index (χ1) is 7.67. The van der Waals surface area contributed by atoms with Gasteiger partial charge in [0.2, 0.25) is 5.91 Å². The average Bonchev–Trinajstić information content (AvgIpc) is 2.68. The van der Waals surface area contributed by atoms with Crippen molar-refractivity contribution in [2.45, 2.75) is 26.3 Å². The first kappa shape index (κ1) is 12.7. The average molecular weight is 224 g/mol. The lowest BCUT2D eigenvalue weighted by Gasteiger charge is -2.12. The first-order valence-corrected chi connectivity index (χ1v) is 5.63. The molecule has 0 saturated heterocycles. The Morgan fingerprint density at radius 2 is 2.44 bits per heavy atom. The number of amides is 1. The summed E-state index contributed by atoms with van der Waals surface area (Å²) in [5, 5.41) is 7.04. The van der Waals surface area contributed by atoms with Crippen LogP contribution in [0.25, 0.3) is 0 Å². The van der Waals surface area contributed by atoms with Gasteiger partial charge in [0.15, 0.2) is 0 Å². The molecule has 0 fully saturated rings. The van der Waals surface area contributed by atoms with Crippen molar-refractivity contribution in [3.63, 3.8) is 0 Å². The zero-order chi connectivity index (χ0) is 12.0. The van der Waals surface area contributed by atoms with Crippen molar-refractivity contribution in [2.75, 3.05) is 6.54 Å². The molecule has 1 aromatic heterocycles. The van der Waals surface area contributed by atoms with Crippen molar-refractivity contribution in [1.82, 2.24) is 15.1 Å². The molecule has 90 valence electrons. The van der Waals surface area contributed by atoms with E-state index in [1.54, 1.807) is 4.68 Å². The fourth-order valence-corrected chi connectivity index (χ4v) is 1.58. The summed E-state index contributed by atoms with van der Waals surface area (Å²) < 4.78 is 1.72. The molecule has 1 amide bonds. The van der Waals surface area contributed by atoms with Gasteiger partial charge in [-0.1, -0.05) is 13.3 Å². The number of rotatable bonds is 6. The number of nitrogens with zero attached hydrogens (tertiary/aromatic N) is 2. The van der Waals surface area contributed by atoms with Crippen LogP contribution in [0, 0.1) is 5.92 Å². The summed E-state index contributed by atoms with van der Waals surface area (Å²) in [6, 6.07) is 1.89. The number of hydrogen-bond donors (Lipinski definition) is 2. The number of nitrogens with one attached hydrogen (secondary N) is 1. The van der Waals surface area contributed by atoms with Crippen LogP contribution in [0.4, 0.5) is 0 Å². The van der Waals surface area contributed by atoms with Crippen LogP contribution in [-0.4, -0.2) is 22.2 Å². The van der Waals surface area contributed by atoms with Crippen molar-refractivity contribution in [2.24, 2.45) is 18.7 Å². The lowest BCUT2D eigenvalue weighted by atomic mass is 10.0. The third-order valence-electron chi connectivity index (χ3n) is 2.51. The van der Waals surface area contributed by atoms with Crippen molar-refractivity contribution in [3.05, 3.63) is 18.0 Å². The largest absolute Gasteiger partial charge is 0.350 e. The Kier molecular flexibility index (Phi) is 4.98. The second-order valence-corrected chi connectivity index (χ2v) is 3.92. The normalized spacial score (nSPS) is 12.4. The summed E-state index contributed by atoms with van der Waals surface area (Å²) in [6.45, 7) is 2.93. The quantitative estimate of drug-likeness (QED) is 0.735. The van der Waals surface area contributed by atoms with Crippen molar-refractivity contribution >= 4 is 5.91 Å². The Hall–Kier alpha value is -1.36. The lowest BCUT2D eigenvalue weighted by Crippen LogP contribution is -2.34. The standard InChI is InChI=1S/C11H20N4O/c1-3-4-9(7-12)11(16)13-8-10-5-6-15(2)14-10/h5-6,9H,3-4,7-8,12H2,1-2H3,(H,13,16). The van der Waals surface area contributed by atoms with Crippen LogP contribution in [0.1, 0.15) is 25.5 Å². The second kappa shape index (κ2) is 6.27. The Morgan fingerprint density at radius 1 is 1.69 bits per heavy atom. The van der Waals surface area contributed by atoms with Crippen LogP contribution in [-0.2, 0) is 18.4 Å². The molecule has 1 rings (SSSR count). The highest BCUT2D eigenvalue weighted by Crippen LogP contribution is 2.04. The molecule has 0 bridgehead atoms. The van der Waals surface area contributed by atoms with Crippen LogP contribution in [0.2, 0.25) is 0 Å². The smallest absolute Gasteiger partial charge is 0.224 e. The van der Waals surface area contributed by atoms with Crippen LogP contribution in [0.3, 0.4) is 0 Å². The zero-order valence-electron chi connectivity index (χ0n) is 9.94. The monoisotopic (exact) mass is 224 g/mol. The van der Waals surface area contributed by atoms with E-state index in [2.05, 4.69) is 17.3 Å². The van der Waals surface area contributed by atoms with Gasteiger partial charge < -0.3 is 11.1 Å². The molecule has 16 heavy (non-hydrogen) atoms. The van der Waals surface area contributed by atoms with E-state index in [4.69, 9.17) is 5.73 Å². The topological polar surface area (TPSA) is 72.9 Å². The van der Waals surface area contributed by atoms with Gasteiger partial charge in [0.1, 0.15) is 0 Å². The number of nitrogens with two attached hydrogens (primary N) is 1. The summed E-state index contributed by atoms with van der Waals surface area (Å²) in [6.07, 6.45) is 3.66. The molecule has 1 heterocycles. The van der Waals surface area contributed by atoms with Crippen molar-refractivity contribution in [1.29, 1.82) is 0 Å². The molecular weight excluding hydrogens is 204 g/mol. The van der Waals surface area contributed by atoms with Gasteiger partial charge in [-0.3, -0.25) is 9.48 Å². The van der Waals surface area contributed by atoms with Gasteiger partial charge in [0.25, 0.3) is 0 Å². The van der Waals surface area contributed by atoms with Gasteiger partial charge in [0.05, 0.1) is 18.2 Å². The molecular formula is C11H20N4O. The highest BCUT2D eigenvalue weighted by atomic mass is 16.1. The number of carbonyl (C=O) groups excluding carboxylic acids is 1. The maximum Gasteiger partial charge on any atom is 0.224 e. The maximum atomic E-state index is 11.7. The molecule has 0 spiro atoms. The fraction of sp³-hybridized carbons (Fsp3) is 0.636. The molecule has 1 unspecified atom stereocenters. The van der Waals surface area contributed by atoms with Gasteiger partial charge in [-0.05, 0) is 12.5 Å². The molecule has 0 saturated carbocycles. The van der Waals surface area contributed by atoms with E-state index in [1.165, 1.54) is 0 Å². The minimum atomic E-state index is -0.0753. The highest BCUT2D eigenvalue weighted by Gasteiger charge is 2.15. The van der Waals surface area contributed by atoms with Crippen LogP contribution >= 0.6 is 0 Å². The number of hydrogen-bond acceptors (Lipinski definition) is 3. The summed E-state index contributed by atoms with van der Waals surface area (Å²) in [5.74, 6) is -0.0521. The molecule has 5 heteroatoms. The second-order valence-electron chi connectivity index (χ2n) is 3.92. The van der Waals surface area contributed by atoms with E-state index >= 15 is 0 Å². The van der Waals surface area contributed by atoms with Crippen LogP contribution in [0.15, 0.2) is 12.3 Å². The first-order valence-electron chi connectivity index (χ1n) is 5.63. The third-order valence-corrected chi connectivity index (χ3v) is 2.51. The number of carbonyl (C=O) groups is 1. The minimum Gasteiger partial charge on any atom is -0.350 e. The molecule has 0 radical (unpaired) electrons. The summed E-state index contributed by atoms with van der Waals surface area (Å²) in [4.78, 5) is 11.7. The van der Waals surface area contributed by atoms with Gasteiger partial charge in [-0.25, -0.2) is 0 Å². The predicted molar refractivity (Wildman–Crippen MR) is 62.5 cm³/mol. The zero-order valence-corrected chi connectivity index (χ0v) is 9.94. The maximum absolute atomic E-state index is 11.7. The van der Waals surface area contributed by atoms with Crippen molar-refractivity contribution < 1.29 is 4.79 Å². The molecule has 0 aromatic carbocycles. The third kappa shape index (κ3) is 3.66. The summed E-state index contributed by atoms with van der Waals surface area (Å²) in [7, 11) is 1.85. The summed E-state index contributed by atoms with van der Waals surface area (Å²) >= 11 is 0. The van der Waals surface area contributed by atoms with Crippen LogP contribution in [0.5, 0.6) is 0 Å². The molecule has 0 aliphatic rings. The van der Waals surface area contributed by atoms with Gasteiger partial charge >= 0.3 is 0 Å². The van der Waals surface area contributed by atoms with E-state index in [1.807, 2.05) is 19.3 Å². The molecule has 3 N–H and O–H groups in total. The number of aryl methyl sites for hydroxylation is 1. The Bertz CT molecular complexity index is 334. The fourth-order valence-electron chi connectivity index (χ4n) is 1.58. The van der Waals surface area contributed by atoms with E-state index in [-0.39, 0.29) is 11.8 Å². The molecule has 5 nitrogen and oxygen atoms in total. The van der Waals surface area contributed by atoms with Crippen molar-refractivity contribution in [3.8, 4) is 0 Å². The van der Waals surface area contributed by atoms with Gasteiger partial charge in [-0.2, -0.15) is 5.10 Å². The van der Waals surface area contributed by atoms with Gasteiger partial charge in [-0.15, -0.1) is 0 Å². The van der Waals surface area contributed by atoms with E-state index in [9.17, 15) is 4.79 Å². The summed E-state index contributed by atoms with van der Waals surface area (Å²) in [5.41, 5.74) is 6.42. The predicted octanol–water partition coefficient (Wildman–Crippen LogP) is 0.411. The highest BCUT2D eigenvalue weighted by molar-refractivity contribution is 5.78. The van der Waals surface area contributed by atoms with Crippen LogP contribution < -0.4 is 11.1 Å². The Balaban J connectivity index is 2.39. The Morgan fingerprint density at radius 3 is 2.94 bits per heavy atom. The molecule has 1 atom stereocenters. The molecule has 0 aliphatic heterocycles. The minimum absolute atomic E-state index is 0.0232. The lowest BCUT2D eigenvalue weighted by molar-refractivity contribution is -0.125.